The number of nitrogens with zero attached hydrogens (tertiary/aromatic N) is 1. The molecular weight excluding hydrogens is 373 g/mol. The number of carbonyl (C=O) groups is 1. The van der Waals surface area contributed by atoms with Crippen molar-refractivity contribution in [2.24, 2.45) is 0 Å². The van der Waals surface area contributed by atoms with Crippen molar-refractivity contribution in [2.45, 2.75) is 64.7 Å². The summed E-state index contributed by atoms with van der Waals surface area (Å²) >= 11 is 2.35. The maximum absolute atomic E-state index is 12.2. The minimum Gasteiger partial charge on any atom is -0.312 e. The van der Waals surface area contributed by atoms with Crippen LogP contribution < -0.4 is 4.90 Å². The highest BCUT2D eigenvalue weighted by Gasteiger charge is 2.23. The molecule has 1 aromatic rings. The Morgan fingerprint density at radius 1 is 1.05 bits per heavy atom. The molecule has 0 bridgehead atoms. The second kappa shape index (κ2) is 8.76. The highest BCUT2D eigenvalue weighted by molar-refractivity contribution is 14.1. The molecule has 1 aromatic carbocycles. The summed E-state index contributed by atoms with van der Waals surface area (Å²) in [6, 6.07) is 6.45. The zero-order valence-electron chi connectivity index (χ0n) is 13.0. The Morgan fingerprint density at radius 2 is 1.76 bits per heavy atom. The van der Waals surface area contributed by atoms with E-state index in [1.165, 1.54) is 47.7 Å². The van der Waals surface area contributed by atoms with E-state index in [4.69, 9.17) is 0 Å². The minimum atomic E-state index is 0.301. The van der Waals surface area contributed by atoms with E-state index in [9.17, 15) is 4.79 Å². The molecule has 0 unspecified atom stereocenters. The van der Waals surface area contributed by atoms with Crippen LogP contribution in [0.3, 0.4) is 0 Å². The monoisotopic (exact) mass is 399 g/mol. The van der Waals surface area contributed by atoms with Crippen LogP contribution >= 0.6 is 22.6 Å². The van der Waals surface area contributed by atoms with Crippen molar-refractivity contribution in [3.05, 3.63) is 27.3 Å². The Kier molecular flexibility index (Phi) is 7.00. The quantitative estimate of drug-likeness (QED) is 0.428. The average molecular weight is 399 g/mol. The number of aryl methyl sites for hydroxylation is 1. The number of carbonyl (C=O) groups excluding carboxylic acids is 1. The Balaban J connectivity index is 1.81. The lowest BCUT2D eigenvalue weighted by Gasteiger charge is -2.29. The van der Waals surface area contributed by atoms with Crippen molar-refractivity contribution in [3.8, 4) is 0 Å². The molecule has 116 valence electrons. The maximum atomic E-state index is 12.2. The summed E-state index contributed by atoms with van der Waals surface area (Å²) in [4.78, 5) is 14.2. The number of benzene rings is 1. The van der Waals surface area contributed by atoms with Gasteiger partial charge < -0.3 is 4.90 Å². The van der Waals surface area contributed by atoms with E-state index >= 15 is 0 Å². The van der Waals surface area contributed by atoms with E-state index in [0.717, 1.165) is 25.1 Å². The lowest BCUT2D eigenvalue weighted by Crippen LogP contribution is -2.35. The standard InChI is InChI=1S/C18H26INO/c1-2-3-4-5-6-7-8-13-20-17-11-10-16(19)14-15(17)9-12-18(20)21/h10-11,14H,2-9,12-13H2,1H3. The van der Waals surface area contributed by atoms with Crippen LogP contribution in [0.2, 0.25) is 0 Å². The van der Waals surface area contributed by atoms with Gasteiger partial charge in [-0.1, -0.05) is 45.4 Å². The van der Waals surface area contributed by atoms with Crippen LogP contribution in [0.15, 0.2) is 18.2 Å². The number of amides is 1. The Bertz CT molecular complexity index is 472. The maximum Gasteiger partial charge on any atom is 0.227 e. The van der Waals surface area contributed by atoms with Crippen LogP contribution in [0.1, 0.15) is 63.9 Å². The molecule has 3 heteroatoms. The van der Waals surface area contributed by atoms with E-state index in [1.807, 2.05) is 4.90 Å². The van der Waals surface area contributed by atoms with Crippen LogP contribution in [0.4, 0.5) is 5.69 Å². The van der Waals surface area contributed by atoms with Crippen LogP contribution in [-0.4, -0.2) is 12.5 Å². The first kappa shape index (κ1) is 16.8. The molecule has 0 N–H and O–H groups in total. The third-order valence-corrected chi connectivity index (χ3v) is 4.90. The Hall–Kier alpha value is -0.580. The normalized spacial score (nSPS) is 14.4. The fraction of sp³-hybridized carbons (Fsp3) is 0.611. The summed E-state index contributed by atoms with van der Waals surface area (Å²) in [6.07, 6.45) is 10.6. The number of hydrogen-bond donors (Lipinski definition) is 0. The van der Waals surface area contributed by atoms with Crippen molar-refractivity contribution >= 4 is 34.2 Å². The molecule has 0 aromatic heterocycles. The zero-order chi connectivity index (χ0) is 15.1. The van der Waals surface area contributed by atoms with Gasteiger partial charge in [0.25, 0.3) is 0 Å². The summed E-state index contributed by atoms with van der Waals surface area (Å²) in [6.45, 7) is 3.14. The molecule has 2 rings (SSSR count). The number of hydrogen-bond acceptors (Lipinski definition) is 1. The van der Waals surface area contributed by atoms with Gasteiger partial charge in [0.1, 0.15) is 0 Å². The first-order valence-corrected chi connectivity index (χ1v) is 9.39. The largest absolute Gasteiger partial charge is 0.312 e. The summed E-state index contributed by atoms with van der Waals surface area (Å²) in [5.74, 6) is 0.301. The van der Waals surface area contributed by atoms with Crippen LogP contribution in [0, 0.1) is 3.57 Å². The lowest BCUT2D eigenvalue weighted by molar-refractivity contribution is -0.118. The molecule has 1 aliphatic rings. The Labute approximate surface area is 142 Å². The average Bonchev–Trinajstić information content (AvgIpc) is 2.48. The molecule has 0 spiro atoms. The van der Waals surface area contributed by atoms with Crippen LogP contribution in [-0.2, 0) is 11.2 Å². The first-order valence-electron chi connectivity index (χ1n) is 8.31. The molecule has 21 heavy (non-hydrogen) atoms. The van der Waals surface area contributed by atoms with Gasteiger partial charge in [0.05, 0.1) is 0 Å². The SMILES string of the molecule is CCCCCCCCCN1C(=O)CCc2cc(I)ccc21. The molecular formula is C18H26INO. The summed E-state index contributed by atoms with van der Waals surface area (Å²) < 4.78 is 1.26. The van der Waals surface area contributed by atoms with Crippen molar-refractivity contribution in [1.82, 2.24) is 0 Å². The van der Waals surface area contributed by atoms with Crippen molar-refractivity contribution < 1.29 is 4.79 Å². The second-order valence-corrected chi connectivity index (χ2v) is 7.19. The van der Waals surface area contributed by atoms with E-state index in [-0.39, 0.29) is 0 Å². The van der Waals surface area contributed by atoms with Gasteiger partial charge in [0, 0.05) is 22.2 Å². The minimum absolute atomic E-state index is 0.301. The zero-order valence-corrected chi connectivity index (χ0v) is 15.2. The molecule has 1 aliphatic heterocycles. The number of anilines is 1. The van der Waals surface area contributed by atoms with Crippen molar-refractivity contribution in [1.29, 1.82) is 0 Å². The third-order valence-electron chi connectivity index (χ3n) is 4.23. The first-order chi connectivity index (χ1) is 10.2. The highest BCUT2D eigenvalue weighted by atomic mass is 127. The molecule has 0 saturated carbocycles. The molecule has 0 saturated heterocycles. The summed E-state index contributed by atoms with van der Waals surface area (Å²) in [5.41, 5.74) is 2.49. The smallest absolute Gasteiger partial charge is 0.227 e. The van der Waals surface area contributed by atoms with Crippen LogP contribution in [0.5, 0.6) is 0 Å². The third kappa shape index (κ3) is 4.97. The van der Waals surface area contributed by atoms with Gasteiger partial charge in [-0.3, -0.25) is 4.79 Å². The molecule has 1 heterocycles. The number of halogens is 1. The number of fused-ring (bicyclic) bond motifs is 1. The van der Waals surface area contributed by atoms with E-state index < -0.39 is 0 Å². The van der Waals surface area contributed by atoms with Gasteiger partial charge >= 0.3 is 0 Å². The lowest BCUT2D eigenvalue weighted by atomic mass is 10.0. The van der Waals surface area contributed by atoms with Crippen molar-refractivity contribution in [2.75, 3.05) is 11.4 Å². The van der Waals surface area contributed by atoms with Gasteiger partial charge in [0.2, 0.25) is 5.91 Å². The highest BCUT2D eigenvalue weighted by Crippen LogP contribution is 2.29. The molecule has 0 atom stereocenters. The van der Waals surface area contributed by atoms with E-state index in [0.29, 0.717) is 12.3 Å². The molecule has 0 radical (unpaired) electrons. The predicted molar refractivity (Wildman–Crippen MR) is 97.8 cm³/mol. The Morgan fingerprint density at radius 3 is 2.52 bits per heavy atom. The molecule has 2 nitrogen and oxygen atoms in total. The number of unbranched alkanes of at least 4 members (excludes halogenated alkanes) is 6. The predicted octanol–water partition coefficient (Wildman–Crippen LogP) is 5.32. The molecule has 0 fully saturated rings. The van der Waals surface area contributed by atoms with Crippen molar-refractivity contribution in [3.63, 3.8) is 0 Å². The number of rotatable bonds is 8. The van der Waals surface area contributed by atoms with E-state index in [2.05, 4.69) is 47.7 Å². The molecule has 0 aliphatic carbocycles. The fourth-order valence-corrected chi connectivity index (χ4v) is 3.56. The van der Waals surface area contributed by atoms with Crippen LogP contribution in [0.25, 0.3) is 0 Å². The van der Waals surface area contributed by atoms with Gasteiger partial charge in [-0.05, 0) is 59.2 Å². The van der Waals surface area contributed by atoms with Gasteiger partial charge in [-0.25, -0.2) is 0 Å². The molecule has 1 amide bonds. The van der Waals surface area contributed by atoms with Gasteiger partial charge in [-0.15, -0.1) is 0 Å². The second-order valence-electron chi connectivity index (χ2n) is 5.94. The topological polar surface area (TPSA) is 20.3 Å². The van der Waals surface area contributed by atoms with Gasteiger partial charge in [0.15, 0.2) is 0 Å². The summed E-state index contributed by atoms with van der Waals surface area (Å²) in [7, 11) is 0. The fourth-order valence-electron chi connectivity index (χ4n) is 3.00. The van der Waals surface area contributed by atoms with E-state index in [1.54, 1.807) is 0 Å². The summed E-state index contributed by atoms with van der Waals surface area (Å²) in [5, 5.41) is 0. The van der Waals surface area contributed by atoms with Gasteiger partial charge in [-0.2, -0.15) is 0 Å².